The van der Waals surface area contributed by atoms with Crippen molar-refractivity contribution in [1.29, 1.82) is 0 Å². The number of hydrogen-bond acceptors (Lipinski definition) is 12. The van der Waals surface area contributed by atoms with Crippen LogP contribution in [-0.4, -0.2) is 45.2 Å². The van der Waals surface area contributed by atoms with E-state index >= 15 is 0 Å². The van der Waals surface area contributed by atoms with E-state index in [0.717, 1.165) is 30.3 Å². The maximum atomic E-state index is 11.5. The molecule has 0 aliphatic carbocycles. The van der Waals surface area contributed by atoms with Crippen LogP contribution in [0.15, 0.2) is 68.6 Å². The van der Waals surface area contributed by atoms with Gasteiger partial charge in [0.25, 0.3) is 0 Å². The molecule has 0 aromatic heterocycles. The first-order valence-electron chi connectivity index (χ1n) is 7.94. The summed E-state index contributed by atoms with van der Waals surface area (Å²) in [4.78, 5) is -1.92. The fraction of sp³-hybridized carbons (Fsp3) is 0. The molecule has 0 amide bonds. The summed E-state index contributed by atoms with van der Waals surface area (Å²) < 4.78 is 102. The molecule has 0 bridgehead atoms. The Balaban J connectivity index is 0. The molecule has 1 N–H and O–H groups in total. The Bertz CT molecular complexity index is 1510. The maximum Gasteiger partial charge on any atom is 1.00 e. The van der Waals surface area contributed by atoms with Crippen LogP contribution in [0.25, 0.3) is 10.8 Å². The SMILES string of the molecule is O=S(=O)([O-])c1ccc2c(N=Nc3ccccc3[As](=O)([O-])[O-])c(O)c(S(=O)(=O)[O-])cc2c1.[Na+].[Na+].[Na+].[Na+]. The summed E-state index contributed by atoms with van der Waals surface area (Å²) in [6.07, 6.45) is 0. The molecular formula is C16H9AsN2Na4O10S2. The summed E-state index contributed by atoms with van der Waals surface area (Å²) in [5.74, 6) is -1.14. The molecule has 3 rings (SSSR count). The van der Waals surface area contributed by atoms with Crippen molar-refractivity contribution >= 4 is 60.9 Å². The number of rotatable bonds is 5. The summed E-state index contributed by atoms with van der Waals surface area (Å²) in [5, 5.41) is 17.1. The molecule has 3 aromatic rings. The predicted octanol–water partition coefficient (Wildman–Crippen LogP) is -12.9. The third kappa shape index (κ3) is 9.53. The Morgan fingerprint density at radius 1 is 0.800 bits per heavy atom. The van der Waals surface area contributed by atoms with Gasteiger partial charge in [0.05, 0.1) is 0 Å². The minimum Gasteiger partial charge on any atom is 1.00 e. The van der Waals surface area contributed by atoms with Gasteiger partial charge in [0.2, 0.25) is 0 Å². The largest absolute Gasteiger partial charge is 1.00 e. The number of phenolic OH excluding ortho intramolecular Hbond substituents is 1. The quantitative estimate of drug-likeness (QED) is 0.161. The van der Waals surface area contributed by atoms with Crippen LogP contribution < -0.4 is 131 Å². The normalized spacial score (nSPS) is 11.7. The maximum absolute atomic E-state index is 11.5. The Kier molecular flexibility index (Phi) is 16.2. The third-order valence-electron chi connectivity index (χ3n) is 4.01. The molecular weight excluding hydrogens is 611 g/mol. The monoisotopic (exact) mass is 620 g/mol. The number of hydrogen-bond donors (Lipinski definition) is 1. The Morgan fingerprint density at radius 3 is 1.89 bits per heavy atom. The molecule has 0 radical (unpaired) electrons. The molecule has 12 nitrogen and oxygen atoms in total. The van der Waals surface area contributed by atoms with Gasteiger partial charge in [0, 0.05) is 0 Å². The minimum atomic E-state index is -5.93. The first kappa shape index (κ1) is 38.6. The van der Waals surface area contributed by atoms with Crippen LogP contribution >= 0.6 is 0 Å². The van der Waals surface area contributed by atoms with Crippen LogP contribution in [0.5, 0.6) is 5.75 Å². The molecule has 0 saturated heterocycles. The smallest absolute Gasteiger partial charge is 1.00 e. The zero-order chi connectivity index (χ0) is 23.2. The van der Waals surface area contributed by atoms with Gasteiger partial charge >= 0.3 is 296 Å². The zero-order valence-electron chi connectivity index (χ0n) is 18.9. The standard InChI is InChI=1S/C16H13AsN2O10S2.4Na/c20-16-14(31(27,28)29)8-9-7-10(30(24,25)26)5-6-11(9)15(16)19-18-13-4-2-1-3-12(13)17(21,22)23;;;;/h1-8,20H,(H2,21,22,23)(H,24,25,26)(H,27,28,29);;;;/q;4*+1/p-4. The van der Waals surface area contributed by atoms with Gasteiger partial charge in [-0.05, 0) is 0 Å². The number of phenols is 1. The van der Waals surface area contributed by atoms with Crippen molar-refractivity contribution in [1.82, 2.24) is 0 Å². The molecule has 0 saturated carbocycles. The van der Waals surface area contributed by atoms with Crippen molar-refractivity contribution in [3.63, 3.8) is 0 Å². The van der Waals surface area contributed by atoms with E-state index < -0.39 is 65.7 Å². The van der Waals surface area contributed by atoms with Gasteiger partial charge in [-0.15, -0.1) is 0 Å². The molecule has 3 aromatic carbocycles. The Labute approximate surface area is 291 Å². The van der Waals surface area contributed by atoms with E-state index in [1.807, 2.05) is 0 Å². The summed E-state index contributed by atoms with van der Waals surface area (Å²) >= 11 is -5.93. The van der Waals surface area contributed by atoms with Crippen LogP contribution in [-0.2, 0) is 24.0 Å². The van der Waals surface area contributed by atoms with Gasteiger partial charge in [-0.3, -0.25) is 0 Å². The third-order valence-corrected chi connectivity index (χ3v) is 7.73. The molecule has 0 aliphatic rings. The van der Waals surface area contributed by atoms with Gasteiger partial charge < -0.3 is 0 Å². The number of nitrogens with zero attached hydrogens (tertiary/aromatic N) is 2. The molecule has 0 heterocycles. The fourth-order valence-electron chi connectivity index (χ4n) is 2.66. The fourth-order valence-corrected chi connectivity index (χ4v) is 5.17. The van der Waals surface area contributed by atoms with Crippen molar-refractivity contribution < 1.29 is 161 Å². The molecule has 0 unspecified atom stereocenters. The molecule has 35 heavy (non-hydrogen) atoms. The summed E-state index contributed by atoms with van der Waals surface area (Å²) in [6, 6.07) is 8.00. The van der Waals surface area contributed by atoms with E-state index in [4.69, 9.17) is 0 Å². The molecule has 164 valence electrons. The second kappa shape index (κ2) is 14.7. The second-order valence-electron chi connectivity index (χ2n) is 6.05. The minimum absolute atomic E-state index is 0. The van der Waals surface area contributed by atoms with Crippen molar-refractivity contribution in [3.8, 4) is 5.75 Å². The molecule has 0 atom stereocenters. The molecule has 19 heteroatoms. The Hall–Kier alpha value is 1.42. The van der Waals surface area contributed by atoms with Crippen LogP contribution in [0.3, 0.4) is 0 Å². The van der Waals surface area contributed by atoms with Crippen molar-refractivity contribution in [3.05, 3.63) is 48.5 Å². The topological polar surface area (TPSA) is 223 Å². The second-order valence-corrected chi connectivity index (χ2v) is 11.9. The van der Waals surface area contributed by atoms with Crippen LogP contribution in [0.4, 0.5) is 11.4 Å². The zero-order valence-corrected chi connectivity index (χ0v) is 30.4. The number of azo groups is 1. The molecule has 0 spiro atoms. The van der Waals surface area contributed by atoms with Crippen LogP contribution in [0, 0.1) is 0 Å². The molecule has 0 aliphatic heterocycles. The summed E-state index contributed by atoms with van der Waals surface area (Å²) in [7, 11) is -10.2. The van der Waals surface area contributed by atoms with E-state index in [0.29, 0.717) is 6.07 Å². The first-order valence-corrected chi connectivity index (χ1v) is 14.0. The van der Waals surface area contributed by atoms with Crippen molar-refractivity contribution in [2.24, 2.45) is 10.2 Å². The van der Waals surface area contributed by atoms with Crippen molar-refractivity contribution in [2.75, 3.05) is 0 Å². The number of benzene rings is 3. The van der Waals surface area contributed by atoms with Gasteiger partial charge in [-0.1, -0.05) is 0 Å². The number of fused-ring (bicyclic) bond motifs is 1. The molecule has 0 fully saturated rings. The van der Waals surface area contributed by atoms with E-state index in [9.17, 15) is 43.0 Å². The van der Waals surface area contributed by atoms with E-state index in [1.165, 1.54) is 12.1 Å². The average Bonchev–Trinajstić information content (AvgIpc) is 2.64. The van der Waals surface area contributed by atoms with Gasteiger partial charge in [-0.25, -0.2) is 0 Å². The van der Waals surface area contributed by atoms with E-state index in [-0.39, 0.29) is 129 Å². The van der Waals surface area contributed by atoms with Crippen LogP contribution in [0.1, 0.15) is 0 Å². The first-order chi connectivity index (χ1) is 14.2. The van der Waals surface area contributed by atoms with Gasteiger partial charge in [0.1, 0.15) is 0 Å². The average molecular weight is 620 g/mol. The van der Waals surface area contributed by atoms with E-state index in [2.05, 4.69) is 10.2 Å². The summed E-state index contributed by atoms with van der Waals surface area (Å²) in [5.41, 5.74) is -1.04. The number of aromatic hydroxyl groups is 1. The summed E-state index contributed by atoms with van der Waals surface area (Å²) in [6.45, 7) is 0. The van der Waals surface area contributed by atoms with Crippen molar-refractivity contribution in [2.45, 2.75) is 9.79 Å². The van der Waals surface area contributed by atoms with E-state index in [1.54, 1.807) is 0 Å². The van der Waals surface area contributed by atoms with Crippen LogP contribution in [0.2, 0.25) is 0 Å². The predicted molar refractivity (Wildman–Crippen MR) is 98.2 cm³/mol. The Morgan fingerprint density at radius 2 is 1.37 bits per heavy atom. The van der Waals surface area contributed by atoms with Gasteiger partial charge in [-0.2, -0.15) is 0 Å². The van der Waals surface area contributed by atoms with Gasteiger partial charge in [0.15, 0.2) is 0 Å².